The van der Waals surface area contributed by atoms with Gasteiger partial charge in [-0.15, -0.1) is 0 Å². The van der Waals surface area contributed by atoms with Crippen molar-refractivity contribution in [3.63, 3.8) is 0 Å². The lowest BCUT2D eigenvalue weighted by molar-refractivity contribution is 0.111. The lowest BCUT2D eigenvalue weighted by atomic mass is 10.1. The van der Waals surface area contributed by atoms with Crippen LogP contribution in [0.15, 0.2) is 48.5 Å². The zero-order valence-corrected chi connectivity index (χ0v) is 14.0. The number of rotatable bonds is 4. The molecule has 116 valence electrons. The van der Waals surface area contributed by atoms with Gasteiger partial charge in [-0.2, -0.15) is 5.10 Å². The zero-order chi connectivity index (χ0) is 16.4. The molecule has 3 aromatic rings. The Bertz CT molecular complexity index is 854. The van der Waals surface area contributed by atoms with Gasteiger partial charge in [0.15, 0.2) is 6.29 Å². The predicted octanol–water partition coefficient (Wildman–Crippen LogP) is 4.89. The smallest absolute Gasteiger partial charge is 0.170 e. The van der Waals surface area contributed by atoms with E-state index in [2.05, 4.69) is 29.4 Å². The minimum atomic E-state index is 0.373. The average Bonchev–Trinajstić information content (AvgIpc) is 2.92. The summed E-state index contributed by atoms with van der Waals surface area (Å²) in [6, 6.07) is 15.2. The van der Waals surface area contributed by atoms with E-state index < -0.39 is 0 Å². The maximum absolute atomic E-state index is 11.1. The van der Waals surface area contributed by atoms with Crippen molar-refractivity contribution >= 4 is 29.5 Å². The van der Waals surface area contributed by atoms with Gasteiger partial charge in [0, 0.05) is 17.1 Å². The number of halogens is 2. The molecule has 3 rings (SSSR count). The molecule has 0 saturated carbocycles. The van der Waals surface area contributed by atoms with Crippen molar-refractivity contribution in [3.05, 3.63) is 81.1 Å². The summed E-state index contributed by atoms with van der Waals surface area (Å²) < 4.78 is 1.70. The van der Waals surface area contributed by atoms with Crippen molar-refractivity contribution in [1.29, 1.82) is 0 Å². The third-order valence-electron chi connectivity index (χ3n) is 3.57. The van der Waals surface area contributed by atoms with Crippen molar-refractivity contribution in [1.82, 2.24) is 9.78 Å². The number of nitrogens with zero attached hydrogens (tertiary/aromatic N) is 2. The monoisotopic (exact) mass is 344 g/mol. The first-order chi connectivity index (χ1) is 11.1. The molecule has 0 spiro atoms. The van der Waals surface area contributed by atoms with E-state index in [9.17, 15) is 4.79 Å². The van der Waals surface area contributed by atoms with Gasteiger partial charge >= 0.3 is 0 Å². The molecule has 1 heterocycles. The van der Waals surface area contributed by atoms with Crippen LogP contribution >= 0.6 is 23.2 Å². The van der Waals surface area contributed by atoms with E-state index in [0.29, 0.717) is 27.8 Å². The fourth-order valence-electron chi connectivity index (χ4n) is 2.40. The summed E-state index contributed by atoms with van der Waals surface area (Å²) in [5.74, 6) is 0. The van der Waals surface area contributed by atoms with E-state index in [-0.39, 0.29) is 0 Å². The van der Waals surface area contributed by atoms with E-state index >= 15 is 0 Å². The van der Waals surface area contributed by atoms with Crippen LogP contribution in [0.5, 0.6) is 0 Å². The van der Waals surface area contributed by atoms with Gasteiger partial charge in [-0.3, -0.25) is 4.79 Å². The van der Waals surface area contributed by atoms with Crippen LogP contribution in [-0.2, 0) is 6.42 Å². The SMILES string of the molecule is Cc1ccc(Cc2cc(C=O)nn2-c2ccc(Cl)cc2Cl)cc1. The highest BCUT2D eigenvalue weighted by molar-refractivity contribution is 6.35. The first kappa shape index (κ1) is 15.8. The van der Waals surface area contributed by atoms with Crippen LogP contribution in [0.25, 0.3) is 5.69 Å². The predicted molar refractivity (Wildman–Crippen MR) is 93.0 cm³/mol. The lowest BCUT2D eigenvalue weighted by Gasteiger charge is -2.10. The Kier molecular flexibility index (Phi) is 4.51. The van der Waals surface area contributed by atoms with Gasteiger partial charge in [-0.1, -0.05) is 53.0 Å². The molecular weight excluding hydrogens is 331 g/mol. The molecule has 0 aliphatic carbocycles. The van der Waals surface area contributed by atoms with Crippen LogP contribution in [-0.4, -0.2) is 16.1 Å². The Morgan fingerprint density at radius 2 is 1.83 bits per heavy atom. The number of carbonyl (C=O) groups excluding carboxylic acids is 1. The lowest BCUT2D eigenvalue weighted by Crippen LogP contribution is -2.04. The number of benzene rings is 2. The fraction of sp³-hybridized carbons (Fsp3) is 0.111. The number of aryl methyl sites for hydroxylation is 1. The summed E-state index contributed by atoms with van der Waals surface area (Å²) in [5, 5.41) is 5.37. The van der Waals surface area contributed by atoms with E-state index in [1.807, 2.05) is 6.92 Å². The van der Waals surface area contributed by atoms with Crippen molar-refractivity contribution in [2.75, 3.05) is 0 Å². The summed E-state index contributed by atoms with van der Waals surface area (Å²) in [7, 11) is 0. The molecule has 0 fully saturated rings. The van der Waals surface area contributed by atoms with Crippen LogP contribution in [0, 0.1) is 6.92 Å². The highest BCUT2D eigenvalue weighted by Crippen LogP contribution is 2.26. The standard InChI is InChI=1S/C18H14Cl2N2O/c1-12-2-4-13(5-3-12)8-16-10-15(11-23)21-22(16)18-7-6-14(19)9-17(18)20/h2-7,9-11H,8H2,1H3. The Hall–Kier alpha value is -2.10. The molecule has 0 unspecified atom stereocenters. The largest absolute Gasteiger partial charge is 0.296 e. The number of aromatic nitrogens is 2. The quantitative estimate of drug-likeness (QED) is 0.631. The highest BCUT2D eigenvalue weighted by atomic mass is 35.5. The topological polar surface area (TPSA) is 34.9 Å². The van der Waals surface area contributed by atoms with Crippen LogP contribution in [0.3, 0.4) is 0 Å². The second kappa shape index (κ2) is 6.57. The minimum Gasteiger partial charge on any atom is -0.296 e. The van der Waals surface area contributed by atoms with Crippen molar-refractivity contribution in [2.45, 2.75) is 13.3 Å². The molecule has 0 aliphatic heterocycles. The molecular formula is C18H14Cl2N2O. The summed E-state index contributed by atoms with van der Waals surface area (Å²) in [5.41, 5.74) is 4.31. The molecule has 0 aliphatic rings. The average molecular weight is 345 g/mol. The number of hydrogen-bond donors (Lipinski definition) is 0. The maximum atomic E-state index is 11.1. The Labute approximate surface area is 144 Å². The number of carbonyl (C=O) groups is 1. The summed E-state index contributed by atoms with van der Waals surface area (Å²) in [4.78, 5) is 11.1. The van der Waals surface area contributed by atoms with E-state index in [4.69, 9.17) is 23.2 Å². The number of hydrogen-bond acceptors (Lipinski definition) is 2. The van der Waals surface area contributed by atoms with Gasteiger partial charge < -0.3 is 0 Å². The normalized spacial score (nSPS) is 10.7. The van der Waals surface area contributed by atoms with Gasteiger partial charge in [0.2, 0.25) is 0 Å². The molecule has 0 saturated heterocycles. The zero-order valence-electron chi connectivity index (χ0n) is 12.5. The fourth-order valence-corrected chi connectivity index (χ4v) is 2.89. The second-order valence-electron chi connectivity index (χ2n) is 5.35. The van der Waals surface area contributed by atoms with E-state index in [1.54, 1.807) is 28.9 Å². The molecule has 5 heteroatoms. The molecule has 1 aromatic heterocycles. The maximum Gasteiger partial charge on any atom is 0.170 e. The van der Waals surface area contributed by atoms with E-state index in [0.717, 1.165) is 17.5 Å². The minimum absolute atomic E-state index is 0.373. The third-order valence-corrected chi connectivity index (χ3v) is 4.10. The molecule has 0 radical (unpaired) electrons. The van der Waals surface area contributed by atoms with E-state index in [1.165, 1.54) is 5.56 Å². The summed E-state index contributed by atoms with van der Waals surface area (Å²) >= 11 is 12.2. The highest BCUT2D eigenvalue weighted by Gasteiger charge is 2.13. The molecule has 0 atom stereocenters. The molecule has 0 amide bonds. The van der Waals surface area contributed by atoms with Gasteiger partial charge in [-0.05, 0) is 36.8 Å². The Balaban J connectivity index is 2.04. The molecule has 0 bridgehead atoms. The van der Waals surface area contributed by atoms with Crippen molar-refractivity contribution in [3.8, 4) is 5.69 Å². The van der Waals surface area contributed by atoms with Gasteiger partial charge in [0.25, 0.3) is 0 Å². The Morgan fingerprint density at radius 3 is 2.48 bits per heavy atom. The second-order valence-corrected chi connectivity index (χ2v) is 6.19. The van der Waals surface area contributed by atoms with Gasteiger partial charge in [0.05, 0.1) is 10.7 Å². The van der Waals surface area contributed by atoms with Gasteiger partial charge in [-0.25, -0.2) is 4.68 Å². The number of aldehydes is 1. The Morgan fingerprint density at radius 1 is 1.09 bits per heavy atom. The van der Waals surface area contributed by atoms with Crippen LogP contribution in [0.2, 0.25) is 10.0 Å². The first-order valence-corrected chi connectivity index (χ1v) is 7.87. The van der Waals surface area contributed by atoms with Gasteiger partial charge in [0.1, 0.15) is 5.69 Å². The third kappa shape index (κ3) is 3.46. The molecule has 2 aromatic carbocycles. The van der Waals surface area contributed by atoms with Crippen LogP contribution in [0.1, 0.15) is 27.3 Å². The van der Waals surface area contributed by atoms with Crippen molar-refractivity contribution < 1.29 is 4.79 Å². The van der Waals surface area contributed by atoms with Crippen LogP contribution < -0.4 is 0 Å². The molecule has 0 N–H and O–H groups in total. The summed E-state index contributed by atoms with van der Waals surface area (Å²) in [6.45, 7) is 2.05. The molecule has 3 nitrogen and oxygen atoms in total. The summed E-state index contributed by atoms with van der Waals surface area (Å²) in [6.07, 6.45) is 1.39. The first-order valence-electron chi connectivity index (χ1n) is 7.12. The molecule has 23 heavy (non-hydrogen) atoms. The van der Waals surface area contributed by atoms with Crippen LogP contribution in [0.4, 0.5) is 0 Å². The van der Waals surface area contributed by atoms with Crippen molar-refractivity contribution in [2.24, 2.45) is 0 Å².